The lowest BCUT2D eigenvalue weighted by Gasteiger charge is -2.17. The smallest absolute Gasteiger partial charge is 0.0526 e. The molecule has 0 aromatic carbocycles. The van der Waals surface area contributed by atoms with Crippen LogP contribution in [-0.4, -0.2) is 8.26 Å². The molecule has 1 aliphatic heterocycles. The normalized spacial score (nSPS) is 15.5. The van der Waals surface area contributed by atoms with Crippen molar-refractivity contribution in [1.82, 2.24) is 8.26 Å². The number of aromatic amines is 1. The number of hydroxylamine groups is 1. The molecule has 2 rings (SSSR count). The molecule has 1 N–H and O–H groups in total. The summed E-state index contributed by atoms with van der Waals surface area (Å²) in [5, 5.41) is 12.1. The lowest BCUT2D eigenvalue weighted by atomic mass is 10.5. The highest BCUT2D eigenvalue weighted by molar-refractivity contribution is 14.1. The molecule has 1 aromatic heterocycles. The summed E-state index contributed by atoms with van der Waals surface area (Å²) in [6.45, 7) is 0. The third-order valence-electron chi connectivity index (χ3n) is 1.37. The Morgan fingerprint density at radius 3 is 3.36 bits per heavy atom. The Hall–Kier alpha value is -0.620. The van der Waals surface area contributed by atoms with E-state index in [0.717, 1.165) is 11.8 Å². The number of H-pyrrole nitrogens is 1. The Morgan fingerprint density at radius 2 is 2.45 bits per heavy atom. The summed E-state index contributed by atoms with van der Waals surface area (Å²) in [4.78, 5) is 3.07. The van der Waals surface area contributed by atoms with E-state index in [1.54, 1.807) is 12.3 Å². The van der Waals surface area contributed by atoms with Crippen LogP contribution in [0.3, 0.4) is 0 Å². The topological polar surface area (TPSA) is 42.1 Å². The molecule has 3 nitrogen and oxygen atoms in total. The second-order valence-electron chi connectivity index (χ2n) is 2.10. The van der Waals surface area contributed by atoms with E-state index in [4.69, 9.17) is 0 Å². The molecule has 0 aliphatic carbocycles. The number of hydrogen-bond donors (Lipinski definition) is 1. The van der Waals surface area contributed by atoms with Crippen LogP contribution in [0.25, 0.3) is 6.08 Å². The van der Waals surface area contributed by atoms with Crippen LogP contribution in [0, 0.1) is 8.36 Å². The van der Waals surface area contributed by atoms with Crippen molar-refractivity contribution in [2.45, 2.75) is 0 Å². The van der Waals surface area contributed by atoms with Gasteiger partial charge in [0.05, 0.1) is 5.35 Å². The van der Waals surface area contributed by atoms with Crippen molar-refractivity contribution in [3.05, 3.63) is 38.2 Å². The zero-order valence-corrected chi connectivity index (χ0v) is 7.78. The molecule has 0 fully saturated rings. The predicted octanol–water partition coefficient (Wildman–Crippen LogP) is 1.26. The quantitative estimate of drug-likeness (QED) is 0.564. The highest BCUT2D eigenvalue weighted by atomic mass is 127. The lowest BCUT2D eigenvalue weighted by molar-refractivity contribution is 0.929. The molecule has 0 radical (unpaired) electrons. The highest BCUT2D eigenvalue weighted by Crippen LogP contribution is 2.11. The average Bonchev–Trinajstić information content (AvgIpc) is 2.31. The first-order chi connectivity index (χ1) is 5.36. The van der Waals surface area contributed by atoms with Crippen LogP contribution >= 0.6 is 21.0 Å². The maximum Gasteiger partial charge on any atom is 0.0526 e. The van der Waals surface area contributed by atoms with Gasteiger partial charge in [0, 0.05) is 9.35 Å². The van der Waals surface area contributed by atoms with Crippen LogP contribution in [0.2, 0.25) is 0 Å². The molecule has 1 aromatic rings. The maximum absolute atomic E-state index is 11.0. The number of aromatic nitrogens is 1. The Labute approximate surface area is 73.7 Å². The molecule has 0 spiro atoms. The lowest BCUT2D eigenvalue weighted by Crippen LogP contribution is -1.98. The molecular formula is C7H6IN2O-. The molecule has 0 saturated carbocycles. The van der Waals surface area contributed by atoms with Gasteiger partial charge in [-0.15, -0.1) is 0 Å². The number of hydrogen-bond acceptors (Lipinski definition) is 2. The summed E-state index contributed by atoms with van der Waals surface area (Å²) in [6, 6.07) is 1.97. The summed E-state index contributed by atoms with van der Waals surface area (Å²) in [7, 11) is 0. The first-order valence-corrected chi connectivity index (χ1v) is 5.21. The summed E-state index contributed by atoms with van der Waals surface area (Å²) in [5.41, 5.74) is 0. The Bertz CT molecular complexity index is 393. The molecule has 0 bridgehead atoms. The van der Waals surface area contributed by atoms with Gasteiger partial charge in [-0.25, -0.2) is 0 Å². The first-order valence-electron chi connectivity index (χ1n) is 3.16. The maximum atomic E-state index is 11.0. The van der Waals surface area contributed by atoms with Gasteiger partial charge in [-0.2, -0.15) is 0 Å². The van der Waals surface area contributed by atoms with E-state index < -0.39 is 21.0 Å². The molecule has 11 heavy (non-hydrogen) atoms. The molecule has 4 heteroatoms. The summed E-state index contributed by atoms with van der Waals surface area (Å²) in [5.74, 6) is 0. The number of rotatable bonds is 0. The fourth-order valence-corrected chi connectivity index (χ4v) is 2.68. The Morgan fingerprint density at radius 1 is 1.55 bits per heavy atom. The van der Waals surface area contributed by atoms with Crippen molar-refractivity contribution < 1.29 is 0 Å². The second-order valence-corrected chi connectivity index (χ2v) is 4.70. The fraction of sp³-hybridized carbons (Fsp3) is 0. The standard InChI is InChI=1S/C7H6IN2O/c11-10-5-1-2-7-6(8-10)3-4-9-7/h1-5,9H/q-1. The molecule has 58 valence electrons. The zero-order chi connectivity index (χ0) is 7.68. The minimum Gasteiger partial charge on any atom is -0.750 e. The van der Waals surface area contributed by atoms with Crippen LogP contribution in [0.5, 0.6) is 0 Å². The van der Waals surface area contributed by atoms with Crippen molar-refractivity contribution in [1.29, 1.82) is 0 Å². The van der Waals surface area contributed by atoms with Crippen LogP contribution < -0.4 is 5.35 Å². The summed E-state index contributed by atoms with van der Waals surface area (Å²) in [6.07, 6.45) is 7.14. The van der Waals surface area contributed by atoms with E-state index in [1.165, 1.54) is 0 Å². The largest absolute Gasteiger partial charge is 0.750 e. The van der Waals surface area contributed by atoms with Gasteiger partial charge >= 0.3 is 0 Å². The second kappa shape index (κ2) is 2.78. The average molecular weight is 261 g/mol. The Kier molecular flexibility index (Phi) is 1.79. The van der Waals surface area contributed by atoms with Gasteiger partial charge in [0.25, 0.3) is 0 Å². The fourth-order valence-electron chi connectivity index (χ4n) is 0.890. The van der Waals surface area contributed by atoms with Crippen molar-refractivity contribution >= 4 is 27.1 Å². The van der Waals surface area contributed by atoms with Gasteiger partial charge in [-0.05, 0) is 45.4 Å². The molecule has 1 aliphatic rings. The number of nitrogens with one attached hydrogen (secondary N) is 1. The van der Waals surface area contributed by atoms with Gasteiger partial charge in [0.2, 0.25) is 0 Å². The van der Waals surface area contributed by atoms with Gasteiger partial charge < -0.3 is 13.5 Å². The van der Waals surface area contributed by atoms with Crippen LogP contribution in [0.4, 0.5) is 0 Å². The predicted molar refractivity (Wildman–Crippen MR) is 52.1 cm³/mol. The van der Waals surface area contributed by atoms with Crippen LogP contribution in [-0.2, 0) is 0 Å². The summed E-state index contributed by atoms with van der Waals surface area (Å²) < 4.78 is 2.18. The minimum atomic E-state index is -0.529. The van der Waals surface area contributed by atoms with Crippen LogP contribution in [0.1, 0.15) is 0 Å². The van der Waals surface area contributed by atoms with Gasteiger partial charge in [0.1, 0.15) is 0 Å². The zero-order valence-electron chi connectivity index (χ0n) is 5.62. The molecule has 0 atom stereocenters. The van der Waals surface area contributed by atoms with E-state index in [-0.39, 0.29) is 0 Å². The van der Waals surface area contributed by atoms with Gasteiger partial charge in [-0.1, -0.05) is 0 Å². The van der Waals surface area contributed by atoms with Gasteiger partial charge in [0.15, 0.2) is 0 Å². The third kappa shape index (κ3) is 1.36. The highest BCUT2D eigenvalue weighted by Gasteiger charge is 1.88. The molecule has 0 saturated heterocycles. The third-order valence-corrected chi connectivity index (χ3v) is 3.62. The number of allylic oxidation sites excluding steroid dienone is 1. The van der Waals surface area contributed by atoms with E-state index in [1.807, 2.05) is 18.3 Å². The van der Waals surface area contributed by atoms with Crippen molar-refractivity contribution in [2.75, 3.05) is 0 Å². The van der Waals surface area contributed by atoms with Crippen molar-refractivity contribution in [3.8, 4) is 0 Å². The minimum absolute atomic E-state index is 0.529. The molecular weight excluding hydrogens is 255 g/mol. The van der Waals surface area contributed by atoms with Crippen molar-refractivity contribution in [3.63, 3.8) is 0 Å². The first kappa shape index (κ1) is 7.05. The molecule has 0 amide bonds. The van der Waals surface area contributed by atoms with E-state index in [0.29, 0.717) is 0 Å². The van der Waals surface area contributed by atoms with E-state index in [2.05, 4.69) is 4.98 Å². The summed E-state index contributed by atoms with van der Waals surface area (Å²) >= 11 is -0.529. The van der Waals surface area contributed by atoms with Crippen molar-refractivity contribution in [2.24, 2.45) is 0 Å². The molecule has 2 heterocycles. The number of nitrogens with zero attached hydrogens (tertiary/aromatic N) is 1. The van der Waals surface area contributed by atoms with Crippen LogP contribution in [0.15, 0.2) is 24.5 Å². The number of fused-ring (bicyclic) bond motifs is 1. The van der Waals surface area contributed by atoms with E-state index >= 15 is 0 Å². The van der Waals surface area contributed by atoms with E-state index in [9.17, 15) is 5.21 Å². The SMILES string of the molecule is [O-]N1C=CC=c2[nH]ccc2=I1. The van der Waals surface area contributed by atoms with Gasteiger partial charge in [-0.3, -0.25) is 0 Å². The monoisotopic (exact) mass is 261 g/mol. The number of halogens is 1. The Balaban J connectivity index is 2.74. The molecule has 0 unspecified atom stereocenters.